The summed E-state index contributed by atoms with van der Waals surface area (Å²) in [5.74, 6) is -1.73. The maximum atomic E-state index is 11.1. The molecule has 308 valence electrons. The van der Waals surface area contributed by atoms with Crippen LogP contribution in [-0.4, -0.2) is 59.9 Å². The van der Waals surface area contributed by atoms with Gasteiger partial charge < -0.3 is 24.4 Å². The lowest BCUT2D eigenvalue weighted by atomic mass is 10.0. The zero-order valence-electron chi connectivity index (χ0n) is 34.0. The van der Waals surface area contributed by atoms with Crippen LogP contribution in [0.15, 0.2) is 0 Å². The fourth-order valence-electron chi connectivity index (χ4n) is 5.31. The molecule has 0 fully saturated rings. The van der Waals surface area contributed by atoms with Crippen LogP contribution in [0.1, 0.15) is 220 Å². The fraction of sp³-hybridized carbons (Fsp3) is 0.881. The molecule has 10 nitrogen and oxygen atoms in total. The van der Waals surface area contributed by atoms with Crippen molar-refractivity contribution in [1.29, 1.82) is 0 Å². The molecule has 0 unspecified atom stereocenters. The molecule has 0 aromatic heterocycles. The molecule has 0 atom stereocenters. The Morgan fingerprint density at radius 2 is 0.577 bits per heavy atom. The van der Waals surface area contributed by atoms with Gasteiger partial charge in [-0.3, -0.25) is 24.0 Å². The molecular formula is C42H80O10. The second-order valence-electron chi connectivity index (χ2n) is 13.5. The Balaban J connectivity index is -0.000000694. The molecule has 0 heterocycles. The van der Waals surface area contributed by atoms with E-state index < -0.39 is 11.9 Å². The van der Waals surface area contributed by atoms with Gasteiger partial charge in [-0.25, -0.2) is 0 Å². The third-order valence-electron chi connectivity index (χ3n) is 8.40. The second-order valence-corrected chi connectivity index (χ2v) is 13.5. The first-order valence-electron chi connectivity index (χ1n) is 21.0. The highest BCUT2D eigenvalue weighted by molar-refractivity contribution is 5.70. The minimum absolute atomic E-state index is 0.0974. The van der Waals surface area contributed by atoms with Crippen LogP contribution in [0.3, 0.4) is 0 Å². The second kappa shape index (κ2) is 46.4. The van der Waals surface area contributed by atoms with Crippen molar-refractivity contribution in [2.24, 2.45) is 0 Å². The van der Waals surface area contributed by atoms with Gasteiger partial charge in [0.25, 0.3) is 0 Å². The maximum absolute atomic E-state index is 11.1. The predicted molar refractivity (Wildman–Crippen MR) is 209 cm³/mol. The molecule has 0 radical (unpaired) electrons. The molecule has 0 spiro atoms. The number of esters is 3. The summed E-state index contributed by atoms with van der Waals surface area (Å²) in [7, 11) is 0. The lowest BCUT2D eigenvalue weighted by Gasteiger charge is -2.03. The van der Waals surface area contributed by atoms with Crippen molar-refractivity contribution in [2.75, 3.05) is 19.8 Å². The van der Waals surface area contributed by atoms with E-state index in [1.807, 2.05) is 13.8 Å². The summed E-state index contributed by atoms with van der Waals surface area (Å²) in [6, 6.07) is 0. The van der Waals surface area contributed by atoms with E-state index in [0.717, 1.165) is 83.5 Å². The van der Waals surface area contributed by atoms with Gasteiger partial charge in [0, 0.05) is 32.1 Å². The first kappa shape index (κ1) is 53.7. The number of hydrogen-bond acceptors (Lipinski definition) is 8. The minimum atomic E-state index is -0.751. The zero-order valence-corrected chi connectivity index (χ0v) is 34.0. The Kier molecular flexibility index (Phi) is 47.9. The van der Waals surface area contributed by atoms with E-state index in [1.54, 1.807) is 0 Å². The lowest BCUT2D eigenvalue weighted by molar-refractivity contribution is -0.144. The SMILES string of the molecule is CCCCCCCCCCCCCCCC(=O)O.CCCCOC(=O)CCCCCCC(=O)O.CCOC(=O)CCCCCCCCC(=O)OCC. The molecule has 0 aromatic rings. The van der Waals surface area contributed by atoms with Crippen molar-refractivity contribution in [3.8, 4) is 0 Å². The van der Waals surface area contributed by atoms with Crippen LogP contribution >= 0.6 is 0 Å². The van der Waals surface area contributed by atoms with E-state index >= 15 is 0 Å². The van der Waals surface area contributed by atoms with E-state index in [0.29, 0.717) is 51.9 Å². The smallest absolute Gasteiger partial charge is 0.305 e. The Morgan fingerprint density at radius 1 is 0.327 bits per heavy atom. The highest BCUT2D eigenvalue weighted by Gasteiger charge is 2.04. The first-order chi connectivity index (χ1) is 25.1. The Morgan fingerprint density at radius 3 is 0.846 bits per heavy atom. The number of aliphatic carboxylic acids is 2. The summed E-state index contributed by atoms with van der Waals surface area (Å²) < 4.78 is 14.7. The quantitative estimate of drug-likeness (QED) is 0.0364. The molecule has 0 aliphatic carbocycles. The first-order valence-corrected chi connectivity index (χ1v) is 21.0. The summed E-state index contributed by atoms with van der Waals surface area (Å²) in [5, 5.41) is 16.9. The van der Waals surface area contributed by atoms with Crippen molar-refractivity contribution < 1.29 is 48.4 Å². The number of carbonyl (C=O) groups is 5. The van der Waals surface area contributed by atoms with Crippen LogP contribution in [0.4, 0.5) is 0 Å². The molecule has 0 aliphatic rings. The molecule has 2 N–H and O–H groups in total. The van der Waals surface area contributed by atoms with Gasteiger partial charge in [-0.15, -0.1) is 0 Å². The molecular weight excluding hydrogens is 664 g/mol. The van der Waals surface area contributed by atoms with Crippen molar-refractivity contribution in [1.82, 2.24) is 0 Å². The van der Waals surface area contributed by atoms with E-state index in [1.165, 1.54) is 70.6 Å². The summed E-state index contributed by atoms with van der Waals surface area (Å²) in [6.45, 7) is 9.41. The van der Waals surface area contributed by atoms with E-state index in [-0.39, 0.29) is 24.3 Å². The van der Waals surface area contributed by atoms with Crippen molar-refractivity contribution in [3.63, 3.8) is 0 Å². The van der Waals surface area contributed by atoms with Gasteiger partial charge in [-0.1, -0.05) is 136 Å². The number of carboxylic acids is 2. The summed E-state index contributed by atoms with van der Waals surface area (Å²) >= 11 is 0. The molecule has 0 rings (SSSR count). The number of hydrogen-bond donors (Lipinski definition) is 2. The van der Waals surface area contributed by atoms with Crippen LogP contribution in [0.25, 0.3) is 0 Å². The maximum Gasteiger partial charge on any atom is 0.305 e. The monoisotopic (exact) mass is 745 g/mol. The third kappa shape index (κ3) is 54.1. The van der Waals surface area contributed by atoms with Crippen LogP contribution in [0.2, 0.25) is 0 Å². The minimum Gasteiger partial charge on any atom is -0.481 e. The van der Waals surface area contributed by atoms with Gasteiger partial charge in [0.15, 0.2) is 0 Å². The molecule has 0 aliphatic heterocycles. The average molecular weight is 745 g/mol. The van der Waals surface area contributed by atoms with Gasteiger partial charge in [0.1, 0.15) is 0 Å². The van der Waals surface area contributed by atoms with Gasteiger partial charge in [0.2, 0.25) is 0 Å². The van der Waals surface area contributed by atoms with Gasteiger partial charge in [0.05, 0.1) is 19.8 Å². The van der Waals surface area contributed by atoms with Gasteiger partial charge in [-0.05, 0) is 52.4 Å². The highest BCUT2D eigenvalue weighted by atomic mass is 16.5. The van der Waals surface area contributed by atoms with Crippen molar-refractivity contribution in [2.45, 2.75) is 220 Å². The summed E-state index contributed by atoms with van der Waals surface area (Å²) in [4.78, 5) is 53.7. The van der Waals surface area contributed by atoms with E-state index in [4.69, 9.17) is 24.4 Å². The molecule has 0 bridgehead atoms. The molecule has 10 heteroatoms. The molecule has 0 amide bonds. The van der Waals surface area contributed by atoms with Crippen LogP contribution in [0, 0.1) is 0 Å². The predicted octanol–water partition coefficient (Wildman–Crippen LogP) is 11.5. The largest absolute Gasteiger partial charge is 0.481 e. The zero-order chi connectivity index (χ0) is 39.3. The summed E-state index contributed by atoms with van der Waals surface area (Å²) in [5.41, 5.74) is 0. The molecule has 0 aromatic carbocycles. The normalized spacial score (nSPS) is 10.3. The van der Waals surface area contributed by atoms with Crippen LogP contribution in [-0.2, 0) is 38.2 Å². The Labute approximate surface area is 317 Å². The van der Waals surface area contributed by atoms with E-state index in [9.17, 15) is 24.0 Å². The van der Waals surface area contributed by atoms with E-state index in [2.05, 4.69) is 13.8 Å². The topological polar surface area (TPSA) is 154 Å². The third-order valence-corrected chi connectivity index (χ3v) is 8.40. The number of ether oxygens (including phenoxy) is 3. The lowest BCUT2D eigenvalue weighted by Crippen LogP contribution is -2.05. The van der Waals surface area contributed by atoms with Crippen LogP contribution < -0.4 is 0 Å². The highest BCUT2D eigenvalue weighted by Crippen LogP contribution is 2.13. The van der Waals surface area contributed by atoms with Crippen molar-refractivity contribution >= 4 is 29.8 Å². The Hall–Kier alpha value is -2.65. The average Bonchev–Trinajstić information content (AvgIpc) is 3.10. The van der Waals surface area contributed by atoms with Gasteiger partial charge in [-0.2, -0.15) is 0 Å². The van der Waals surface area contributed by atoms with Gasteiger partial charge >= 0.3 is 29.8 Å². The van der Waals surface area contributed by atoms with Crippen molar-refractivity contribution in [3.05, 3.63) is 0 Å². The van der Waals surface area contributed by atoms with Crippen LogP contribution in [0.5, 0.6) is 0 Å². The standard InChI is InChI=1S/C16H32O2.C14H26O4.C12H22O4/c1-2-3-4-5-6-7-8-9-10-11-12-13-14-15-16(17)18;1-3-17-13(15)11-9-7-5-6-8-10-12-14(16)18-4-2;1-2-3-10-16-12(15)9-7-5-4-6-8-11(13)14/h2-15H2,1H3,(H,17,18);3-12H2,1-2H3;2-10H2,1H3,(H,13,14). The summed E-state index contributed by atoms with van der Waals surface area (Å²) in [6.07, 6.45) is 30.3. The number of carboxylic acid groups (broad SMARTS) is 2. The Bertz CT molecular complexity index is 791. The fourth-order valence-corrected chi connectivity index (χ4v) is 5.31. The molecule has 0 saturated carbocycles. The molecule has 0 saturated heterocycles. The number of carbonyl (C=O) groups excluding carboxylic acids is 3. The molecule has 52 heavy (non-hydrogen) atoms. The number of unbranched alkanes of at least 4 members (excludes halogenated alkanes) is 21. The number of rotatable bonds is 35.